The van der Waals surface area contributed by atoms with Gasteiger partial charge in [0.2, 0.25) is 15.9 Å². The molecule has 0 saturated carbocycles. The maximum Gasteiger partial charge on any atom is 0.416 e. The van der Waals surface area contributed by atoms with Crippen LogP contribution in [0, 0.1) is 0 Å². The van der Waals surface area contributed by atoms with Crippen molar-refractivity contribution in [2.45, 2.75) is 17.7 Å². The molecular weight excluding hydrogens is 475 g/mol. The Hall–Kier alpha value is -3.38. The minimum atomic E-state index is -4.45. The fraction of sp³-hybridized carbons (Fsp3) is 0.273. The number of anilines is 1. The zero-order chi connectivity index (χ0) is 24.9. The van der Waals surface area contributed by atoms with E-state index in [1.54, 1.807) is 0 Å². The third-order valence-corrected chi connectivity index (χ3v) is 7.00. The van der Waals surface area contributed by atoms with Crippen LogP contribution in [-0.4, -0.2) is 55.8 Å². The SMILES string of the molecule is C=CC(=O)Nc1ccc(S(=O)(=O)N2CCN(C(=O)OCc3ccc(C(F)(F)F)cc3)CC2)cc1. The van der Waals surface area contributed by atoms with Crippen LogP contribution in [0.15, 0.2) is 66.1 Å². The van der Waals surface area contributed by atoms with Gasteiger partial charge in [-0.15, -0.1) is 0 Å². The molecular formula is C22H22F3N3O5S. The van der Waals surface area contributed by atoms with Gasteiger partial charge in [0, 0.05) is 31.9 Å². The number of piperazine rings is 1. The number of carbonyl (C=O) groups is 2. The molecule has 2 amide bonds. The predicted molar refractivity (Wildman–Crippen MR) is 117 cm³/mol. The summed E-state index contributed by atoms with van der Waals surface area (Å²) in [5.41, 5.74) is 0.0239. The van der Waals surface area contributed by atoms with E-state index in [4.69, 9.17) is 4.74 Å². The number of benzene rings is 2. The van der Waals surface area contributed by atoms with E-state index in [9.17, 15) is 31.2 Å². The maximum atomic E-state index is 12.9. The molecule has 1 fully saturated rings. The molecule has 8 nitrogen and oxygen atoms in total. The van der Waals surface area contributed by atoms with Gasteiger partial charge in [-0.3, -0.25) is 4.79 Å². The standard InChI is InChI=1S/C22H22F3N3O5S/c1-2-20(29)26-18-7-9-19(10-8-18)34(31,32)28-13-11-27(12-14-28)21(30)33-15-16-3-5-17(6-4-16)22(23,24)25/h2-10H,1,11-15H2,(H,26,29). The van der Waals surface area contributed by atoms with Crippen LogP contribution in [0.4, 0.5) is 23.7 Å². The Bertz CT molecular complexity index is 1140. The molecule has 0 radical (unpaired) electrons. The monoisotopic (exact) mass is 497 g/mol. The minimum Gasteiger partial charge on any atom is -0.445 e. The lowest BCUT2D eigenvalue weighted by Gasteiger charge is -2.33. The molecule has 1 saturated heterocycles. The van der Waals surface area contributed by atoms with Crippen molar-refractivity contribution in [1.82, 2.24) is 9.21 Å². The van der Waals surface area contributed by atoms with E-state index < -0.39 is 33.8 Å². The average Bonchev–Trinajstić information content (AvgIpc) is 2.82. The van der Waals surface area contributed by atoms with Crippen LogP contribution < -0.4 is 5.32 Å². The van der Waals surface area contributed by atoms with Crippen LogP contribution in [0.1, 0.15) is 11.1 Å². The number of nitrogens with one attached hydrogen (secondary N) is 1. The first-order valence-electron chi connectivity index (χ1n) is 10.1. The van der Waals surface area contributed by atoms with Crippen LogP contribution in [0.2, 0.25) is 0 Å². The van der Waals surface area contributed by atoms with Gasteiger partial charge in [0.1, 0.15) is 6.61 Å². The van der Waals surface area contributed by atoms with Crippen molar-refractivity contribution in [2.75, 3.05) is 31.5 Å². The lowest BCUT2D eigenvalue weighted by Crippen LogP contribution is -2.50. The van der Waals surface area contributed by atoms with Crippen LogP contribution in [0.25, 0.3) is 0 Å². The van der Waals surface area contributed by atoms with Crippen LogP contribution in [0.3, 0.4) is 0 Å². The predicted octanol–water partition coefficient (Wildman–Crippen LogP) is 3.47. The van der Waals surface area contributed by atoms with Crippen molar-refractivity contribution >= 4 is 27.7 Å². The molecule has 12 heteroatoms. The summed E-state index contributed by atoms with van der Waals surface area (Å²) in [6, 6.07) is 9.95. The summed E-state index contributed by atoms with van der Waals surface area (Å²) in [6.45, 7) is 3.43. The second-order valence-electron chi connectivity index (χ2n) is 7.36. The third kappa shape index (κ3) is 6.14. The molecule has 1 aliphatic rings. The van der Waals surface area contributed by atoms with Gasteiger partial charge in [-0.2, -0.15) is 17.5 Å². The Morgan fingerprint density at radius 1 is 1.00 bits per heavy atom. The lowest BCUT2D eigenvalue weighted by molar-refractivity contribution is -0.137. The first kappa shape index (κ1) is 25.2. The van der Waals surface area contributed by atoms with Crippen molar-refractivity contribution in [3.05, 3.63) is 72.3 Å². The van der Waals surface area contributed by atoms with Gasteiger partial charge < -0.3 is 15.0 Å². The largest absolute Gasteiger partial charge is 0.445 e. The van der Waals surface area contributed by atoms with Crippen LogP contribution >= 0.6 is 0 Å². The summed E-state index contributed by atoms with van der Waals surface area (Å²) in [6.07, 6.45) is -4.03. The molecule has 3 rings (SSSR count). The highest BCUT2D eigenvalue weighted by Gasteiger charge is 2.31. The molecule has 1 heterocycles. The number of ether oxygens (including phenoxy) is 1. The third-order valence-electron chi connectivity index (χ3n) is 5.09. The molecule has 1 aliphatic heterocycles. The normalized spacial score (nSPS) is 15.0. The summed E-state index contributed by atoms with van der Waals surface area (Å²) < 4.78 is 70.0. The van der Waals surface area contributed by atoms with E-state index >= 15 is 0 Å². The van der Waals surface area contributed by atoms with Gasteiger partial charge in [-0.05, 0) is 48.0 Å². The second-order valence-corrected chi connectivity index (χ2v) is 9.30. The smallest absolute Gasteiger partial charge is 0.416 e. The molecule has 0 bridgehead atoms. The number of nitrogens with zero attached hydrogens (tertiary/aromatic N) is 2. The fourth-order valence-electron chi connectivity index (χ4n) is 3.19. The van der Waals surface area contributed by atoms with E-state index in [1.807, 2.05) is 0 Å². The quantitative estimate of drug-likeness (QED) is 0.617. The minimum absolute atomic E-state index is 0.0439. The van der Waals surface area contributed by atoms with Crippen molar-refractivity contribution < 1.29 is 35.9 Å². The number of hydrogen-bond acceptors (Lipinski definition) is 5. The van der Waals surface area contributed by atoms with Gasteiger partial charge in [0.15, 0.2) is 0 Å². The van der Waals surface area contributed by atoms with E-state index in [1.165, 1.54) is 45.6 Å². The number of amides is 2. The summed E-state index contributed by atoms with van der Waals surface area (Å²) in [4.78, 5) is 25.0. The molecule has 2 aromatic carbocycles. The number of hydrogen-bond donors (Lipinski definition) is 1. The van der Waals surface area contributed by atoms with Gasteiger partial charge >= 0.3 is 12.3 Å². The highest BCUT2D eigenvalue weighted by molar-refractivity contribution is 7.89. The fourth-order valence-corrected chi connectivity index (χ4v) is 4.61. The highest BCUT2D eigenvalue weighted by Crippen LogP contribution is 2.29. The Kier molecular flexibility index (Phi) is 7.62. The van der Waals surface area contributed by atoms with Crippen molar-refractivity contribution in [3.63, 3.8) is 0 Å². The van der Waals surface area contributed by atoms with E-state index in [0.717, 1.165) is 18.2 Å². The first-order chi connectivity index (χ1) is 16.0. The van der Waals surface area contributed by atoms with Crippen molar-refractivity contribution in [2.24, 2.45) is 0 Å². The number of sulfonamides is 1. The molecule has 2 aromatic rings. The molecule has 182 valence electrons. The molecule has 0 atom stereocenters. The van der Waals surface area contributed by atoms with Crippen molar-refractivity contribution in [1.29, 1.82) is 0 Å². The Balaban J connectivity index is 1.52. The molecule has 1 N–H and O–H groups in total. The van der Waals surface area contributed by atoms with E-state index in [0.29, 0.717) is 11.3 Å². The highest BCUT2D eigenvalue weighted by atomic mass is 32.2. The van der Waals surface area contributed by atoms with Gasteiger partial charge in [0.05, 0.1) is 10.5 Å². The Morgan fingerprint density at radius 3 is 2.12 bits per heavy atom. The van der Waals surface area contributed by atoms with Crippen molar-refractivity contribution in [3.8, 4) is 0 Å². The molecule has 0 aromatic heterocycles. The Labute approximate surface area is 194 Å². The topological polar surface area (TPSA) is 96.0 Å². The number of alkyl halides is 3. The molecule has 0 unspecified atom stereocenters. The number of carbonyl (C=O) groups excluding carboxylic acids is 2. The zero-order valence-electron chi connectivity index (χ0n) is 17.9. The zero-order valence-corrected chi connectivity index (χ0v) is 18.7. The average molecular weight is 497 g/mol. The number of rotatable bonds is 6. The number of halogens is 3. The molecule has 0 spiro atoms. The van der Waals surface area contributed by atoms with E-state index in [-0.39, 0.29) is 37.7 Å². The Morgan fingerprint density at radius 2 is 1.59 bits per heavy atom. The van der Waals surface area contributed by atoms with Gasteiger partial charge in [-0.25, -0.2) is 13.2 Å². The molecule has 34 heavy (non-hydrogen) atoms. The van der Waals surface area contributed by atoms with Gasteiger partial charge in [-0.1, -0.05) is 18.7 Å². The first-order valence-corrected chi connectivity index (χ1v) is 11.6. The summed E-state index contributed by atoms with van der Waals surface area (Å²) in [7, 11) is -3.80. The van der Waals surface area contributed by atoms with Gasteiger partial charge in [0.25, 0.3) is 0 Å². The second kappa shape index (κ2) is 10.3. The lowest BCUT2D eigenvalue weighted by atomic mass is 10.1. The van der Waals surface area contributed by atoms with Crippen LogP contribution in [0.5, 0.6) is 0 Å². The summed E-state index contributed by atoms with van der Waals surface area (Å²) in [5.74, 6) is -0.420. The summed E-state index contributed by atoms with van der Waals surface area (Å²) in [5, 5.41) is 2.53. The maximum absolute atomic E-state index is 12.9. The summed E-state index contributed by atoms with van der Waals surface area (Å²) >= 11 is 0. The van der Waals surface area contributed by atoms with E-state index in [2.05, 4.69) is 11.9 Å². The molecule has 0 aliphatic carbocycles. The van der Waals surface area contributed by atoms with Crippen LogP contribution in [-0.2, 0) is 32.3 Å².